The van der Waals surface area contributed by atoms with Crippen molar-refractivity contribution < 1.29 is 19.1 Å². The van der Waals surface area contributed by atoms with Crippen molar-refractivity contribution in [2.75, 3.05) is 7.11 Å². The average molecular weight is 469 g/mol. The Labute approximate surface area is 196 Å². The van der Waals surface area contributed by atoms with Crippen LogP contribution in [0.1, 0.15) is 29.8 Å². The second-order valence-corrected chi connectivity index (χ2v) is 8.12. The molecule has 1 unspecified atom stereocenters. The lowest BCUT2D eigenvalue weighted by molar-refractivity contribution is -0.141. The number of benzene rings is 2. The molecule has 9 heteroatoms. The third-order valence-corrected chi connectivity index (χ3v) is 5.41. The highest BCUT2D eigenvalue weighted by molar-refractivity contribution is 6.33. The van der Waals surface area contributed by atoms with Crippen molar-refractivity contribution in [1.29, 1.82) is 0 Å². The summed E-state index contributed by atoms with van der Waals surface area (Å²) in [6.07, 6.45) is 3.26. The molecule has 0 saturated heterocycles. The first-order valence-corrected chi connectivity index (χ1v) is 10.7. The molecule has 0 aliphatic heterocycles. The minimum Gasteiger partial charge on any atom is -0.468 e. The van der Waals surface area contributed by atoms with E-state index in [2.05, 4.69) is 15.8 Å². The van der Waals surface area contributed by atoms with Crippen LogP contribution in [0.3, 0.4) is 0 Å². The molecule has 1 heterocycles. The van der Waals surface area contributed by atoms with Crippen LogP contribution in [-0.4, -0.2) is 41.7 Å². The maximum absolute atomic E-state index is 12.7. The van der Waals surface area contributed by atoms with Gasteiger partial charge in [0.2, 0.25) is 0 Å². The first-order chi connectivity index (χ1) is 15.8. The van der Waals surface area contributed by atoms with Gasteiger partial charge in [-0.1, -0.05) is 55.8 Å². The zero-order chi connectivity index (χ0) is 24.0. The number of rotatable bonds is 8. The van der Waals surface area contributed by atoms with E-state index in [1.807, 2.05) is 38.1 Å². The summed E-state index contributed by atoms with van der Waals surface area (Å²) in [7, 11) is 1.33. The average Bonchev–Trinajstić information content (AvgIpc) is 3.14. The molecule has 0 spiro atoms. The molecule has 3 aromatic rings. The summed E-state index contributed by atoms with van der Waals surface area (Å²) in [6.45, 7) is 3.70. The summed E-state index contributed by atoms with van der Waals surface area (Å²) in [5, 5.41) is 7.97. The van der Waals surface area contributed by atoms with Gasteiger partial charge in [-0.3, -0.25) is 14.4 Å². The normalized spacial score (nSPS) is 12.2. The number of hydrogen-bond acceptors (Lipinski definition) is 5. The number of para-hydroxylation sites is 1. The van der Waals surface area contributed by atoms with Crippen molar-refractivity contribution in [2.45, 2.75) is 26.4 Å². The van der Waals surface area contributed by atoms with Crippen LogP contribution < -0.4 is 10.7 Å². The van der Waals surface area contributed by atoms with Crippen LogP contribution in [0.2, 0.25) is 5.02 Å². The Morgan fingerprint density at radius 3 is 2.52 bits per heavy atom. The van der Waals surface area contributed by atoms with Gasteiger partial charge in [0.1, 0.15) is 12.6 Å². The maximum atomic E-state index is 12.7. The van der Waals surface area contributed by atoms with Gasteiger partial charge in [-0.2, -0.15) is 5.10 Å². The van der Waals surface area contributed by atoms with E-state index < -0.39 is 17.9 Å². The van der Waals surface area contributed by atoms with Crippen LogP contribution in [-0.2, 0) is 20.9 Å². The molecule has 0 radical (unpaired) electrons. The van der Waals surface area contributed by atoms with Crippen molar-refractivity contribution >= 4 is 46.5 Å². The number of aromatic nitrogens is 1. The minimum atomic E-state index is -0.813. The standard InChI is InChI=1S/C24H25ClN4O4/c1-15(2)22(27-23(31)18-9-4-6-10-19(18)25)24(32)28-26-12-16-13-29(14-21(30)33-3)20-11-7-5-8-17(16)20/h4-13,15,22H,14H2,1-3H3,(H,27,31)(H,28,32)/b26-12-. The molecule has 0 fully saturated rings. The van der Waals surface area contributed by atoms with Gasteiger partial charge >= 0.3 is 5.97 Å². The number of nitrogens with one attached hydrogen (secondary N) is 2. The predicted molar refractivity (Wildman–Crippen MR) is 127 cm³/mol. The van der Waals surface area contributed by atoms with Gasteiger partial charge in [-0.15, -0.1) is 0 Å². The Morgan fingerprint density at radius 1 is 1.12 bits per heavy atom. The number of halogens is 1. The first kappa shape index (κ1) is 24.0. The number of nitrogens with zero attached hydrogens (tertiary/aromatic N) is 2. The summed E-state index contributed by atoms with van der Waals surface area (Å²) in [5.41, 5.74) is 4.34. The maximum Gasteiger partial charge on any atom is 0.325 e. The van der Waals surface area contributed by atoms with Crippen molar-refractivity contribution in [1.82, 2.24) is 15.3 Å². The number of fused-ring (bicyclic) bond motifs is 1. The second-order valence-electron chi connectivity index (χ2n) is 7.71. The third-order valence-electron chi connectivity index (χ3n) is 5.08. The predicted octanol–water partition coefficient (Wildman–Crippen LogP) is 3.37. The fraction of sp³-hybridized carbons (Fsp3) is 0.250. The lowest BCUT2D eigenvalue weighted by Crippen LogP contribution is -2.48. The molecule has 0 saturated carbocycles. The summed E-state index contributed by atoms with van der Waals surface area (Å²) in [6, 6.07) is 13.3. The van der Waals surface area contributed by atoms with Gasteiger partial charge in [0.05, 0.1) is 23.9 Å². The van der Waals surface area contributed by atoms with Crippen molar-refractivity contribution in [3.8, 4) is 0 Å². The van der Waals surface area contributed by atoms with E-state index in [0.29, 0.717) is 10.6 Å². The van der Waals surface area contributed by atoms with Crippen molar-refractivity contribution in [3.05, 3.63) is 70.9 Å². The van der Waals surface area contributed by atoms with Gasteiger partial charge in [-0.25, -0.2) is 5.43 Å². The highest BCUT2D eigenvalue weighted by Gasteiger charge is 2.25. The molecule has 2 aromatic carbocycles. The number of amides is 2. The fourth-order valence-electron chi connectivity index (χ4n) is 3.35. The number of carbonyl (C=O) groups excluding carboxylic acids is 3. The van der Waals surface area contributed by atoms with Crippen LogP contribution in [0.15, 0.2) is 59.8 Å². The second kappa shape index (κ2) is 10.8. The highest BCUT2D eigenvalue weighted by atomic mass is 35.5. The van der Waals surface area contributed by atoms with Crippen LogP contribution in [0.25, 0.3) is 10.9 Å². The van der Waals surface area contributed by atoms with Crippen LogP contribution in [0.4, 0.5) is 0 Å². The summed E-state index contributed by atoms with van der Waals surface area (Å²) >= 11 is 6.09. The number of ether oxygens (including phenoxy) is 1. The van der Waals surface area contributed by atoms with Crippen molar-refractivity contribution in [2.24, 2.45) is 11.0 Å². The van der Waals surface area contributed by atoms with E-state index in [9.17, 15) is 14.4 Å². The van der Waals surface area contributed by atoms with Gasteiger partial charge < -0.3 is 14.6 Å². The number of esters is 1. The largest absolute Gasteiger partial charge is 0.468 e. The van der Waals surface area contributed by atoms with Gasteiger partial charge in [0, 0.05) is 22.7 Å². The summed E-state index contributed by atoms with van der Waals surface area (Å²) in [4.78, 5) is 37.0. The Morgan fingerprint density at radius 2 is 1.82 bits per heavy atom. The van der Waals surface area contributed by atoms with E-state index in [1.54, 1.807) is 35.0 Å². The molecule has 8 nitrogen and oxygen atoms in total. The Bertz CT molecular complexity index is 1200. The lowest BCUT2D eigenvalue weighted by Gasteiger charge is -2.20. The summed E-state index contributed by atoms with van der Waals surface area (Å²) in [5.74, 6) is -1.46. The molecule has 1 atom stereocenters. The van der Waals surface area contributed by atoms with E-state index in [4.69, 9.17) is 16.3 Å². The van der Waals surface area contributed by atoms with Gasteiger partial charge in [0.25, 0.3) is 11.8 Å². The SMILES string of the molecule is COC(=O)Cn1cc(/C=N\NC(=O)C(NC(=O)c2ccccc2Cl)C(C)C)c2ccccc21. The van der Waals surface area contributed by atoms with E-state index in [0.717, 1.165) is 16.5 Å². The molecule has 0 bridgehead atoms. The topological polar surface area (TPSA) is 102 Å². The lowest BCUT2D eigenvalue weighted by atomic mass is 10.0. The molecular weight excluding hydrogens is 444 g/mol. The molecule has 2 amide bonds. The van der Waals surface area contributed by atoms with E-state index in [-0.39, 0.29) is 18.4 Å². The third kappa shape index (κ3) is 5.78. The van der Waals surface area contributed by atoms with Crippen molar-refractivity contribution in [3.63, 3.8) is 0 Å². The van der Waals surface area contributed by atoms with Gasteiger partial charge in [-0.05, 0) is 24.1 Å². The Hall–Kier alpha value is -3.65. The smallest absolute Gasteiger partial charge is 0.325 e. The molecule has 172 valence electrons. The van der Waals surface area contributed by atoms with Crippen LogP contribution in [0.5, 0.6) is 0 Å². The van der Waals surface area contributed by atoms with Crippen LogP contribution >= 0.6 is 11.6 Å². The monoisotopic (exact) mass is 468 g/mol. The molecule has 3 rings (SSSR count). The van der Waals surface area contributed by atoms with E-state index in [1.165, 1.54) is 13.3 Å². The molecule has 2 N–H and O–H groups in total. The van der Waals surface area contributed by atoms with E-state index >= 15 is 0 Å². The Balaban J connectivity index is 1.74. The zero-order valence-corrected chi connectivity index (χ0v) is 19.3. The molecule has 33 heavy (non-hydrogen) atoms. The minimum absolute atomic E-state index is 0.0563. The zero-order valence-electron chi connectivity index (χ0n) is 18.5. The summed E-state index contributed by atoms with van der Waals surface area (Å²) < 4.78 is 6.51. The quantitative estimate of drug-likeness (QED) is 0.300. The van der Waals surface area contributed by atoms with Crippen LogP contribution in [0, 0.1) is 5.92 Å². The number of methoxy groups -OCH3 is 1. The number of carbonyl (C=O) groups is 3. The molecule has 0 aliphatic rings. The first-order valence-electron chi connectivity index (χ1n) is 10.3. The Kier molecular flexibility index (Phi) is 7.84. The van der Waals surface area contributed by atoms with Gasteiger partial charge in [0.15, 0.2) is 0 Å². The number of hydrazone groups is 1. The molecular formula is C24H25ClN4O4. The molecule has 1 aromatic heterocycles. The fourth-order valence-corrected chi connectivity index (χ4v) is 3.57. The highest BCUT2D eigenvalue weighted by Crippen LogP contribution is 2.20. The number of hydrogen-bond donors (Lipinski definition) is 2. The molecule has 0 aliphatic carbocycles.